The van der Waals surface area contributed by atoms with E-state index in [2.05, 4.69) is 144 Å². The summed E-state index contributed by atoms with van der Waals surface area (Å²) in [7, 11) is 0. The molecule has 0 radical (unpaired) electrons. The molecule has 0 unspecified atom stereocenters. The van der Waals surface area contributed by atoms with Crippen LogP contribution < -0.4 is 0 Å². The Hall–Kier alpha value is -4.92. The summed E-state index contributed by atoms with van der Waals surface area (Å²) in [6, 6.07) is 51.3. The van der Waals surface area contributed by atoms with Gasteiger partial charge in [-0.2, -0.15) is 0 Å². The van der Waals surface area contributed by atoms with Gasteiger partial charge in [0, 0.05) is 36.3 Å². The maximum atomic E-state index is 2.45. The molecule has 0 spiro atoms. The first-order chi connectivity index (χ1) is 19.8. The van der Waals surface area contributed by atoms with Crippen molar-refractivity contribution in [1.82, 2.24) is 4.57 Å². The van der Waals surface area contributed by atoms with Crippen LogP contribution in [0.2, 0.25) is 0 Å². The van der Waals surface area contributed by atoms with Crippen molar-refractivity contribution in [3.05, 3.63) is 140 Å². The Labute approximate surface area is 235 Å². The van der Waals surface area contributed by atoms with Crippen LogP contribution in [0.3, 0.4) is 0 Å². The van der Waals surface area contributed by atoms with E-state index in [9.17, 15) is 0 Å². The second-order valence-electron chi connectivity index (χ2n) is 10.6. The topological polar surface area (TPSA) is 4.93 Å². The van der Waals surface area contributed by atoms with Gasteiger partial charge in [-0.05, 0) is 69.8 Å². The Morgan fingerprint density at radius 1 is 0.425 bits per heavy atom. The minimum atomic E-state index is 1.22. The number of fused-ring (bicyclic) bond motifs is 8. The number of aromatic nitrogens is 1. The molecule has 0 fully saturated rings. The molecule has 40 heavy (non-hydrogen) atoms. The lowest BCUT2D eigenvalue weighted by molar-refractivity contribution is 1.20. The first kappa shape index (κ1) is 22.0. The highest BCUT2D eigenvalue weighted by molar-refractivity contribution is 7.26. The van der Waals surface area contributed by atoms with E-state index in [1.165, 1.54) is 80.3 Å². The Morgan fingerprint density at radius 3 is 2.05 bits per heavy atom. The van der Waals surface area contributed by atoms with E-state index in [1.54, 1.807) is 0 Å². The van der Waals surface area contributed by atoms with Gasteiger partial charge in [-0.1, -0.05) is 97.1 Å². The molecule has 2 heterocycles. The van der Waals surface area contributed by atoms with E-state index in [1.807, 2.05) is 11.3 Å². The molecule has 186 valence electrons. The van der Waals surface area contributed by atoms with Crippen LogP contribution >= 0.6 is 11.3 Å². The van der Waals surface area contributed by atoms with Gasteiger partial charge in [0.1, 0.15) is 0 Å². The summed E-state index contributed by atoms with van der Waals surface area (Å²) in [6.45, 7) is 0. The van der Waals surface area contributed by atoms with Crippen LogP contribution in [-0.4, -0.2) is 4.57 Å². The van der Waals surface area contributed by atoms with Crippen LogP contribution in [0.5, 0.6) is 0 Å². The molecule has 0 bridgehead atoms. The molecule has 2 aromatic heterocycles. The summed E-state index contributed by atoms with van der Waals surface area (Å²) in [5, 5.41) is 10.3. The second kappa shape index (κ2) is 8.29. The second-order valence-corrected chi connectivity index (χ2v) is 11.6. The smallest absolute Gasteiger partial charge is 0.0541 e. The summed E-state index contributed by atoms with van der Waals surface area (Å²) in [5.41, 5.74) is 6.24. The SMILES string of the molecule is c1ccc2cc3c(-n4c5ccccc5c5cc(-c6cccc7c6sc6ccccc67)ccc54)cccc3cc2c1. The molecular weight excluding hydrogens is 502 g/mol. The minimum Gasteiger partial charge on any atom is -0.309 e. The lowest BCUT2D eigenvalue weighted by Crippen LogP contribution is -1.95. The molecule has 1 nitrogen and oxygen atoms in total. The van der Waals surface area contributed by atoms with E-state index in [0.29, 0.717) is 0 Å². The maximum absolute atomic E-state index is 2.45. The minimum absolute atomic E-state index is 1.22. The van der Waals surface area contributed by atoms with E-state index in [-0.39, 0.29) is 0 Å². The fourth-order valence-corrected chi connectivity index (χ4v) is 7.76. The molecular formula is C38H23NS. The third kappa shape index (κ3) is 3.08. The molecule has 0 atom stereocenters. The first-order valence-electron chi connectivity index (χ1n) is 13.7. The molecule has 2 heteroatoms. The summed E-state index contributed by atoms with van der Waals surface area (Å²) < 4.78 is 5.14. The predicted octanol–water partition coefficient (Wildman–Crippen LogP) is 11.1. The molecule has 0 amide bonds. The van der Waals surface area contributed by atoms with Crippen molar-refractivity contribution in [2.24, 2.45) is 0 Å². The van der Waals surface area contributed by atoms with Gasteiger partial charge in [0.2, 0.25) is 0 Å². The van der Waals surface area contributed by atoms with E-state index >= 15 is 0 Å². The number of nitrogens with zero attached hydrogens (tertiary/aromatic N) is 1. The van der Waals surface area contributed by atoms with Crippen LogP contribution in [-0.2, 0) is 0 Å². The van der Waals surface area contributed by atoms with Gasteiger partial charge in [0.05, 0.1) is 16.7 Å². The summed E-state index contributed by atoms with van der Waals surface area (Å²) in [4.78, 5) is 0. The Bertz CT molecular complexity index is 2440. The van der Waals surface area contributed by atoms with Gasteiger partial charge < -0.3 is 4.57 Å². The zero-order valence-corrected chi connectivity index (χ0v) is 22.5. The molecule has 0 aliphatic carbocycles. The fraction of sp³-hybridized carbons (Fsp3) is 0. The van der Waals surface area contributed by atoms with Gasteiger partial charge in [-0.15, -0.1) is 11.3 Å². The number of benzene rings is 7. The van der Waals surface area contributed by atoms with E-state index < -0.39 is 0 Å². The lowest BCUT2D eigenvalue weighted by atomic mass is 10.0. The molecule has 0 saturated heterocycles. The van der Waals surface area contributed by atoms with Crippen LogP contribution in [0.1, 0.15) is 0 Å². The lowest BCUT2D eigenvalue weighted by Gasteiger charge is -2.13. The number of hydrogen-bond acceptors (Lipinski definition) is 1. The van der Waals surface area contributed by atoms with Gasteiger partial charge >= 0.3 is 0 Å². The van der Waals surface area contributed by atoms with Crippen molar-refractivity contribution < 1.29 is 0 Å². The number of thiophene rings is 1. The van der Waals surface area contributed by atoms with Crippen molar-refractivity contribution in [1.29, 1.82) is 0 Å². The van der Waals surface area contributed by atoms with Gasteiger partial charge in [0.25, 0.3) is 0 Å². The van der Waals surface area contributed by atoms with Crippen LogP contribution in [0, 0.1) is 0 Å². The van der Waals surface area contributed by atoms with Crippen molar-refractivity contribution in [3.8, 4) is 16.8 Å². The fourth-order valence-electron chi connectivity index (χ4n) is 6.52. The molecule has 0 aliphatic rings. The predicted molar refractivity (Wildman–Crippen MR) is 174 cm³/mol. The highest BCUT2D eigenvalue weighted by Crippen LogP contribution is 2.42. The van der Waals surface area contributed by atoms with Crippen LogP contribution in [0.15, 0.2) is 140 Å². The van der Waals surface area contributed by atoms with E-state index in [0.717, 1.165) is 0 Å². The molecule has 0 aliphatic heterocycles. The molecule has 0 saturated carbocycles. The standard InChI is InChI=1S/C38H23NS/c1-2-10-25-22-32-26(21-24(25)9-1)11-7-17-35(32)39-34-16-5-3-12-29(34)33-23-27(19-20-36(33)39)28-14-8-15-31-30-13-4-6-18-37(30)40-38(28)31/h1-23H. The normalized spacial score (nSPS) is 12.0. The Balaban J connectivity index is 1.33. The average Bonchev–Trinajstić information content (AvgIpc) is 3.55. The average molecular weight is 526 g/mol. The summed E-state index contributed by atoms with van der Waals surface area (Å²) in [5.74, 6) is 0. The van der Waals surface area contributed by atoms with Crippen LogP contribution in [0.25, 0.3) is 80.3 Å². The molecule has 9 aromatic rings. The largest absolute Gasteiger partial charge is 0.309 e. The quantitative estimate of drug-likeness (QED) is 0.198. The maximum Gasteiger partial charge on any atom is 0.0541 e. The number of rotatable bonds is 2. The van der Waals surface area contributed by atoms with E-state index in [4.69, 9.17) is 0 Å². The Kier molecular flexibility index (Phi) is 4.55. The molecule has 0 N–H and O–H groups in total. The van der Waals surface area contributed by atoms with Crippen molar-refractivity contribution >= 4 is 74.9 Å². The third-order valence-corrected chi connectivity index (χ3v) is 9.57. The van der Waals surface area contributed by atoms with Gasteiger partial charge in [-0.25, -0.2) is 0 Å². The van der Waals surface area contributed by atoms with Crippen molar-refractivity contribution in [2.75, 3.05) is 0 Å². The van der Waals surface area contributed by atoms with Crippen LogP contribution in [0.4, 0.5) is 0 Å². The zero-order chi connectivity index (χ0) is 26.2. The van der Waals surface area contributed by atoms with Gasteiger partial charge in [-0.3, -0.25) is 0 Å². The van der Waals surface area contributed by atoms with Crippen molar-refractivity contribution in [3.63, 3.8) is 0 Å². The van der Waals surface area contributed by atoms with Gasteiger partial charge in [0.15, 0.2) is 0 Å². The monoisotopic (exact) mass is 525 g/mol. The Morgan fingerprint density at radius 2 is 1.12 bits per heavy atom. The first-order valence-corrected chi connectivity index (χ1v) is 14.5. The molecule has 9 rings (SSSR count). The third-order valence-electron chi connectivity index (χ3n) is 8.35. The molecule has 7 aromatic carbocycles. The van der Waals surface area contributed by atoms with Crippen molar-refractivity contribution in [2.45, 2.75) is 0 Å². The summed E-state index contributed by atoms with van der Waals surface area (Å²) >= 11 is 1.89. The number of para-hydroxylation sites is 1. The highest BCUT2D eigenvalue weighted by atomic mass is 32.1. The number of hydrogen-bond donors (Lipinski definition) is 0. The highest BCUT2D eigenvalue weighted by Gasteiger charge is 2.16. The zero-order valence-electron chi connectivity index (χ0n) is 21.6. The summed E-state index contributed by atoms with van der Waals surface area (Å²) in [6.07, 6.45) is 0.